The Bertz CT molecular complexity index is 959. The molecule has 174 valence electrons. The van der Waals surface area contributed by atoms with Gasteiger partial charge in [0.15, 0.2) is 0 Å². The van der Waals surface area contributed by atoms with E-state index in [0.717, 1.165) is 49.8 Å². The predicted octanol–water partition coefficient (Wildman–Crippen LogP) is 4.73. The topological polar surface area (TPSA) is 78.3 Å². The summed E-state index contributed by atoms with van der Waals surface area (Å²) >= 11 is 6.49. The zero-order valence-corrected chi connectivity index (χ0v) is 20.0. The van der Waals surface area contributed by atoms with Crippen LogP contribution in [0.3, 0.4) is 0 Å². The largest absolute Gasteiger partial charge is 0.382 e. The number of nitrogens with zero attached hydrogens (tertiary/aromatic N) is 3. The number of aromatic nitrogens is 3. The number of nitrogens with one attached hydrogen (secondary N) is 1. The van der Waals surface area contributed by atoms with Crippen LogP contribution in [-0.2, 0) is 27.2 Å². The van der Waals surface area contributed by atoms with Gasteiger partial charge < -0.3 is 14.8 Å². The molecular weight excluding hydrogens is 428 g/mol. The highest BCUT2D eigenvalue weighted by molar-refractivity contribution is 6.33. The number of anilines is 1. The van der Waals surface area contributed by atoms with Gasteiger partial charge in [-0.25, -0.2) is 4.98 Å². The maximum absolute atomic E-state index is 12.7. The van der Waals surface area contributed by atoms with Gasteiger partial charge in [0, 0.05) is 43.1 Å². The molecule has 0 bridgehead atoms. The van der Waals surface area contributed by atoms with Gasteiger partial charge in [-0.15, -0.1) is 0 Å². The van der Waals surface area contributed by atoms with Crippen LogP contribution in [0.2, 0.25) is 5.02 Å². The summed E-state index contributed by atoms with van der Waals surface area (Å²) in [5.74, 6) is 0.828. The van der Waals surface area contributed by atoms with Crippen molar-refractivity contribution < 1.29 is 14.3 Å². The second kappa shape index (κ2) is 9.89. The highest BCUT2D eigenvalue weighted by Crippen LogP contribution is 2.39. The molecule has 0 aromatic carbocycles. The zero-order chi connectivity index (χ0) is 22.7. The second-order valence-corrected chi connectivity index (χ2v) is 10.2. The van der Waals surface area contributed by atoms with Crippen LogP contribution in [-0.4, -0.2) is 47.1 Å². The summed E-state index contributed by atoms with van der Waals surface area (Å²) in [6.07, 6.45) is 9.20. The Balaban J connectivity index is 1.39. The van der Waals surface area contributed by atoms with E-state index in [1.54, 1.807) is 13.3 Å². The van der Waals surface area contributed by atoms with Crippen molar-refractivity contribution in [3.63, 3.8) is 0 Å². The van der Waals surface area contributed by atoms with Crippen LogP contribution >= 0.6 is 11.6 Å². The molecule has 1 amide bonds. The minimum atomic E-state index is -0.0188. The Morgan fingerprint density at radius 1 is 1.28 bits per heavy atom. The number of amides is 1. The summed E-state index contributed by atoms with van der Waals surface area (Å²) < 4.78 is 13.0. The summed E-state index contributed by atoms with van der Waals surface area (Å²) in [7, 11) is 1.68. The molecule has 2 aromatic rings. The van der Waals surface area contributed by atoms with Crippen molar-refractivity contribution in [1.29, 1.82) is 0 Å². The van der Waals surface area contributed by atoms with Gasteiger partial charge in [-0.2, -0.15) is 5.10 Å². The maximum atomic E-state index is 12.7. The van der Waals surface area contributed by atoms with Crippen molar-refractivity contribution in [2.24, 2.45) is 11.3 Å². The summed E-state index contributed by atoms with van der Waals surface area (Å²) in [5, 5.41) is 8.08. The molecule has 1 saturated carbocycles. The molecular formula is C24H33ClN4O3. The molecule has 0 radical (unpaired) electrons. The lowest BCUT2D eigenvalue weighted by Crippen LogP contribution is -2.27. The fourth-order valence-electron chi connectivity index (χ4n) is 4.92. The number of pyridine rings is 1. The van der Waals surface area contributed by atoms with Gasteiger partial charge in [-0.05, 0) is 43.1 Å². The second-order valence-electron chi connectivity index (χ2n) is 9.82. The summed E-state index contributed by atoms with van der Waals surface area (Å²) in [4.78, 5) is 17.1. The van der Waals surface area contributed by atoms with Gasteiger partial charge in [0.1, 0.15) is 5.82 Å². The number of hydrogen-bond acceptors (Lipinski definition) is 5. The van der Waals surface area contributed by atoms with E-state index >= 15 is 0 Å². The van der Waals surface area contributed by atoms with E-state index < -0.39 is 0 Å². The number of hydrogen-bond donors (Lipinski definition) is 1. The van der Waals surface area contributed by atoms with Crippen LogP contribution in [0.1, 0.15) is 51.6 Å². The van der Waals surface area contributed by atoms with Crippen LogP contribution in [0.4, 0.5) is 5.82 Å². The third-order valence-electron chi connectivity index (χ3n) is 6.44. The zero-order valence-electron chi connectivity index (χ0n) is 19.2. The molecule has 0 saturated heterocycles. The minimum Gasteiger partial charge on any atom is -0.382 e. The van der Waals surface area contributed by atoms with E-state index in [0.29, 0.717) is 36.4 Å². The molecule has 8 heteroatoms. The van der Waals surface area contributed by atoms with E-state index in [4.69, 9.17) is 21.1 Å². The number of ether oxygens (including phenoxy) is 2. The van der Waals surface area contributed by atoms with Gasteiger partial charge >= 0.3 is 0 Å². The van der Waals surface area contributed by atoms with E-state index in [9.17, 15) is 4.79 Å². The Labute approximate surface area is 194 Å². The van der Waals surface area contributed by atoms with Gasteiger partial charge in [0.25, 0.3) is 0 Å². The lowest BCUT2D eigenvalue weighted by Gasteiger charge is -2.28. The molecule has 2 unspecified atom stereocenters. The molecule has 2 aromatic heterocycles. The molecule has 3 heterocycles. The number of halogens is 1. The number of methoxy groups -OCH3 is 1. The average Bonchev–Trinajstić information content (AvgIpc) is 3.25. The Kier molecular flexibility index (Phi) is 7.17. The van der Waals surface area contributed by atoms with Crippen LogP contribution in [0.25, 0.3) is 11.1 Å². The molecule has 2 atom stereocenters. The van der Waals surface area contributed by atoms with Gasteiger partial charge in [-0.3, -0.25) is 9.48 Å². The van der Waals surface area contributed by atoms with Crippen LogP contribution in [0.5, 0.6) is 0 Å². The SMILES string of the molecule is COCCOC1CCCC(CC(=O)Nc2cc(-c3cnn4c3CC(C)(C)C4)c(Cl)cn2)C1. The van der Waals surface area contributed by atoms with Crippen molar-refractivity contribution in [2.45, 2.75) is 65.0 Å². The fraction of sp³-hybridized carbons (Fsp3) is 0.625. The molecule has 4 rings (SSSR count). The van der Waals surface area contributed by atoms with E-state index in [2.05, 4.69) is 33.9 Å². The van der Waals surface area contributed by atoms with Crippen LogP contribution in [0, 0.1) is 11.3 Å². The lowest BCUT2D eigenvalue weighted by molar-refractivity contribution is -0.117. The first-order valence-corrected chi connectivity index (χ1v) is 11.8. The van der Waals surface area contributed by atoms with Gasteiger partial charge in [-0.1, -0.05) is 31.9 Å². The molecule has 32 heavy (non-hydrogen) atoms. The number of rotatable bonds is 8. The molecule has 0 spiro atoms. The molecule has 2 aliphatic rings. The molecule has 1 N–H and O–H groups in total. The lowest BCUT2D eigenvalue weighted by atomic mass is 9.85. The fourth-order valence-corrected chi connectivity index (χ4v) is 5.12. The smallest absolute Gasteiger partial charge is 0.225 e. The highest BCUT2D eigenvalue weighted by atomic mass is 35.5. The average molecular weight is 461 g/mol. The Morgan fingerprint density at radius 3 is 2.94 bits per heavy atom. The molecule has 7 nitrogen and oxygen atoms in total. The van der Waals surface area contributed by atoms with E-state index in [1.165, 1.54) is 5.69 Å². The van der Waals surface area contributed by atoms with Crippen molar-refractivity contribution in [3.8, 4) is 11.1 Å². The normalized spacial score (nSPS) is 22.0. The first-order valence-electron chi connectivity index (χ1n) is 11.5. The number of carbonyl (C=O) groups excluding carboxylic acids is 1. The van der Waals surface area contributed by atoms with E-state index in [1.807, 2.05) is 12.3 Å². The number of carbonyl (C=O) groups is 1. The minimum absolute atomic E-state index is 0.0188. The van der Waals surface area contributed by atoms with Crippen molar-refractivity contribution in [2.75, 3.05) is 25.6 Å². The van der Waals surface area contributed by atoms with Gasteiger partial charge in [0.05, 0.1) is 30.5 Å². The van der Waals surface area contributed by atoms with E-state index in [-0.39, 0.29) is 17.4 Å². The Hall–Kier alpha value is -1.96. The molecule has 1 aliphatic carbocycles. The summed E-state index contributed by atoms with van der Waals surface area (Å²) in [5.41, 5.74) is 3.24. The first kappa shape index (κ1) is 23.2. The van der Waals surface area contributed by atoms with Crippen molar-refractivity contribution in [3.05, 3.63) is 29.2 Å². The quantitative estimate of drug-likeness (QED) is 0.576. The standard InChI is InChI=1S/C24H33ClN4O3/c1-24(2)12-21-19(13-27-29(21)15-24)18-11-22(26-14-20(18)25)28-23(30)10-16-5-4-6-17(9-16)32-8-7-31-3/h11,13-14,16-17H,4-10,12,15H2,1-3H3,(H,26,28,30). The summed E-state index contributed by atoms with van der Waals surface area (Å²) in [6.45, 7) is 6.58. The predicted molar refractivity (Wildman–Crippen MR) is 125 cm³/mol. The van der Waals surface area contributed by atoms with Crippen LogP contribution < -0.4 is 5.32 Å². The monoisotopic (exact) mass is 460 g/mol. The first-order chi connectivity index (χ1) is 15.3. The molecule has 1 aliphatic heterocycles. The van der Waals surface area contributed by atoms with Crippen LogP contribution in [0.15, 0.2) is 18.5 Å². The third kappa shape index (κ3) is 5.50. The maximum Gasteiger partial charge on any atom is 0.225 e. The van der Waals surface area contributed by atoms with Crippen molar-refractivity contribution in [1.82, 2.24) is 14.8 Å². The highest BCUT2D eigenvalue weighted by Gasteiger charge is 2.32. The van der Waals surface area contributed by atoms with Crippen molar-refractivity contribution >= 4 is 23.3 Å². The Morgan fingerprint density at radius 2 is 2.12 bits per heavy atom. The summed E-state index contributed by atoms with van der Waals surface area (Å²) in [6, 6.07) is 1.86. The number of fused-ring (bicyclic) bond motifs is 1. The van der Waals surface area contributed by atoms with Gasteiger partial charge in [0.2, 0.25) is 5.91 Å². The third-order valence-corrected chi connectivity index (χ3v) is 6.74. The molecule has 1 fully saturated rings.